The molecule has 3 N–H and O–H groups in total. The maximum Gasteiger partial charge on any atom is 0.328 e. The number of nitrogens with one attached hydrogen (secondary N) is 1. The normalized spacial score (nSPS) is 13.1. The lowest BCUT2D eigenvalue weighted by Crippen LogP contribution is -2.28. The van der Waals surface area contributed by atoms with Crippen LogP contribution in [0.15, 0.2) is 0 Å². The molecule has 0 aromatic heterocycles. The van der Waals surface area contributed by atoms with Gasteiger partial charge in [0.25, 0.3) is 0 Å². The van der Waals surface area contributed by atoms with Gasteiger partial charge >= 0.3 is 8.60 Å². The van der Waals surface area contributed by atoms with E-state index in [1.54, 1.807) is 6.92 Å². The summed E-state index contributed by atoms with van der Waals surface area (Å²) in [6.07, 6.45) is 13.0. The fourth-order valence-electron chi connectivity index (χ4n) is 2.10. The van der Waals surface area contributed by atoms with E-state index in [-0.39, 0.29) is 6.23 Å². The molecule has 4 nitrogen and oxygen atoms in total. The molecule has 0 saturated heterocycles. The van der Waals surface area contributed by atoms with E-state index < -0.39 is 8.60 Å². The molecule has 116 valence electrons. The lowest BCUT2D eigenvalue weighted by Gasteiger charge is -2.14. The van der Waals surface area contributed by atoms with Gasteiger partial charge in [-0.3, -0.25) is 9.84 Å². The van der Waals surface area contributed by atoms with Gasteiger partial charge in [0.05, 0.1) is 0 Å². The minimum absolute atomic E-state index is 0.278. The van der Waals surface area contributed by atoms with Crippen LogP contribution < -0.4 is 5.32 Å². The van der Waals surface area contributed by atoms with E-state index in [0.717, 1.165) is 13.0 Å². The van der Waals surface area contributed by atoms with Crippen molar-refractivity contribution in [2.45, 2.75) is 84.3 Å². The molecule has 0 bridgehead atoms. The first-order valence-corrected chi connectivity index (χ1v) is 8.91. The van der Waals surface area contributed by atoms with Crippen molar-refractivity contribution in [2.75, 3.05) is 6.54 Å². The third kappa shape index (κ3) is 16.2. The molecule has 0 aliphatic rings. The van der Waals surface area contributed by atoms with Gasteiger partial charge in [0.1, 0.15) is 6.23 Å². The summed E-state index contributed by atoms with van der Waals surface area (Å²) in [5.41, 5.74) is 0. The van der Waals surface area contributed by atoms with Crippen molar-refractivity contribution in [1.29, 1.82) is 0 Å². The molecule has 0 amide bonds. The summed E-state index contributed by atoms with van der Waals surface area (Å²) in [5, 5.41) is 3.11. The second kappa shape index (κ2) is 14.7. The average molecular weight is 293 g/mol. The van der Waals surface area contributed by atoms with Gasteiger partial charge < -0.3 is 9.79 Å². The first kappa shape index (κ1) is 19.3. The molecular weight excluding hydrogens is 261 g/mol. The van der Waals surface area contributed by atoms with Gasteiger partial charge in [0.2, 0.25) is 0 Å². The third-order valence-electron chi connectivity index (χ3n) is 3.21. The highest BCUT2D eigenvalue weighted by atomic mass is 31.2. The van der Waals surface area contributed by atoms with Gasteiger partial charge in [-0.25, -0.2) is 0 Å². The second-order valence-corrected chi connectivity index (χ2v) is 5.85. The summed E-state index contributed by atoms with van der Waals surface area (Å²) < 4.78 is 4.81. The molecule has 5 heteroatoms. The van der Waals surface area contributed by atoms with Gasteiger partial charge in [-0.15, -0.1) is 0 Å². The van der Waals surface area contributed by atoms with E-state index in [0.29, 0.717) is 0 Å². The van der Waals surface area contributed by atoms with Crippen LogP contribution in [-0.2, 0) is 4.52 Å². The number of hydrogen-bond acceptors (Lipinski definition) is 4. The van der Waals surface area contributed by atoms with Crippen molar-refractivity contribution in [3.63, 3.8) is 0 Å². The molecule has 1 atom stereocenters. The molecule has 0 heterocycles. The topological polar surface area (TPSA) is 61.7 Å². The fraction of sp³-hybridized carbons (Fsp3) is 1.00. The third-order valence-corrected chi connectivity index (χ3v) is 3.72. The van der Waals surface area contributed by atoms with Crippen LogP contribution in [-0.4, -0.2) is 22.6 Å². The van der Waals surface area contributed by atoms with Crippen LogP contribution in [0.3, 0.4) is 0 Å². The Hall–Kier alpha value is 0.270. The second-order valence-electron chi connectivity index (χ2n) is 5.14. The first-order chi connectivity index (χ1) is 9.16. The van der Waals surface area contributed by atoms with Crippen LogP contribution in [0.2, 0.25) is 0 Å². The van der Waals surface area contributed by atoms with E-state index in [2.05, 4.69) is 12.2 Å². The predicted molar refractivity (Wildman–Crippen MR) is 81.8 cm³/mol. The van der Waals surface area contributed by atoms with Crippen molar-refractivity contribution in [1.82, 2.24) is 5.32 Å². The lowest BCUT2D eigenvalue weighted by molar-refractivity contribution is 0.155. The van der Waals surface area contributed by atoms with E-state index in [9.17, 15) is 0 Å². The Morgan fingerprint density at radius 3 is 1.84 bits per heavy atom. The number of unbranched alkanes of at least 4 members (excludes halogenated alkanes) is 9. The maximum absolute atomic E-state index is 8.66. The molecule has 19 heavy (non-hydrogen) atoms. The molecule has 0 aromatic rings. The van der Waals surface area contributed by atoms with Crippen LogP contribution in [0.25, 0.3) is 0 Å². The average Bonchev–Trinajstić information content (AvgIpc) is 2.35. The Bertz CT molecular complexity index is 182. The summed E-state index contributed by atoms with van der Waals surface area (Å²) >= 11 is 0. The largest absolute Gasteiger partial charge is 0.328 e. The molecule has 0 aliphatic heterocycles. The summed E-state index contributed by atoms with van der Waals surface area (Å²) in [4.78, 5) is 17.3. The van der Waals surface area contributed by atoms with Gasteiger partial charge in [-0.2, -0.15) is 0 Å². The Kier molecular flexibility index (Phi) is 14.9. The zero-order valence-electron chi connectivity index (χ0n) is 12.6. The molecule has 0 saturated carbocycles. The summed E-state index contributed by atoms with van der Waals surface area (Å²) in [6, 6.07) is 0. The highest BCUT2D eigenvalue weighted by Gasteiger charge is 2.06. The van der Waals surface area contributed by atoms with E-state index in [4.69, 9.17) is 14.3 Å². The minimum Gasteiger partial charge on any atom is -0.328 e. The van der Waals surface area contributed by atoms with Crippen LogP contribution in [0.1, 0.15) is 78.1 Å². The molecule has 0 spiro atoms. The molecular formula is C14H32NO3P. The predicted octanol–water partition coefficient (Wildman–Crippen LogP) is 4.07. The molecule has 0 fully saturated rings. The number of hydrogen-bond donors (Lipinski definition) is 3. The Morgan fingerprint density at radius 1 is 0.895 bits per heavy atom. The number of rotatable bonds is 14. The summed E-state index contributed by atoms with van der Waals surface area (Å²) in [5.74, 6) is 0. The van der Waals surface area contributed by atoms with Gasteiger partial charge in [0.15, 0.2) is 0 Å². The highest BCUT2D eigenvalue weighted by Crippen LogP contribution is 2.25. The van der Waals surface area contributed by atoms with E-state index in [1.807, 2.05) is 0 Å². The van der Waals surface area contributed by atoms with Gasteiger partial charge in [0, 0.05) is 0 Å². The molecule has 0 rings (SSSR count). The summed E-state index contributed by atoms with van der Waals surface area (Å²) in [7, 11) is -2.24. The zero-order chi connectivity index (χ0) is 14.3. The molecule has 0 radical (unpaired) electrons. The Morgan fingerprint density at radius 2 is 1.37 bits per heavy atom. The van der Waals surface area contributed by atoms with Crippen molar-refractivity contribution in [3.05, 3.63) is 0 Å². The van der Waals surface area contributed by atoms with Gasteiger partial charge in [-0.1, -0.05) is 64.7 Å². The van der Waals surface area contributed by atoms with Crippen LogP contribution in [0, 0.1) is 0 Å². The maximum atomic E-state index is 8.66. The van der Waals surface area contributed by atoms with Crippen LogP contribution >= 0.6 is 8.60 Å². The SMILES string of the molecule is CCCCCCCCCCCCNC(C)OP(O)O. The monoisotopic (exact) mass is 293 g/mol. The standard InChI is InChI=1S/C14H32NO3P/c1-3-4-5-6-7-8-9-10-11-12-13-15-14(2)18-19(16)17/h14-17H,3-13H2,1-2H3. The van der Waals surface area contributed by atoms with Crippen molar-refractivity contribution >= 4 is 8.60 Å². The van der Waals surface area contributed by atoms with Crippen molar-refractivity contribution < 1.29 is 14.3 Å². The molecule has 1 unspecified atom stereocenters. The molecule has 0 aromatic carbocycles. The highest BCUT2D eigenvalue weighted by molar-refractivity contribution is 7.39. The van der Waals surface area contributed by atoms with E-state index >= 15 is 0 Å². The van der Waals surface area contributed by atoms with Gasteiger partial charge in [-0.05, 0) is 19.9 Å². The van der Waals surface area contributed by atoms with Crippen molar-refractivity contribution in [3.8, 4) is 0 Å². The lowest BCUT2D eigenvalue weighted by atomic mass is 10.1. The van der Waals surface area contributed by atoms with Crippen LogP contribution in [0.4, 0.5) is 0 Å². The van der Waals surface area contributed by atoms with E-state index in [1.165, 1.54) is 57.8 Å². The quantitative estimate of drug-likeness (QED) is 0.257. The Balaban J connectivity index is 3.06. The van der Waals surface area contributed by atoms with Crippen molar-refractivity contribution in [2.24, 2.45) is 0 Å². The summed E-state index contributed by atoms with van der Waals surface area (Å²) in [6.45, 7) is 4.92. The Labute approximate surface area is 119 Å². The van der Waals surface area contributed by atoms with Crippen LogP contribution in [0.5, 0.6) is 0 Å². The zero-order valence-corrected chi connectivity index (χ0v) is 13.5. The fourth-order valence-corrected chi connectivity index (χ4v) is 2.45. The smallest absolute Gasteiger partial charge is 0.328 e. The minimum atomic E-state index is -2.24. The first-order valence-electron chi connectivity index (χ1n) is 7.74. The molecule has 0 aliphatic carbocycles.